The van der Waals surface area contributed by atoms with Crippen LogP contribution in [0, 0.1) is 5.92 Å². The molecule has 0 radical (unpaired) electrons. The molecule has 2 aromatic rings. The lowest BCUT2D eigenvalue weighted by Gasteiger charge is -2.14. The van der Waals surface area contributed by atoms with E-state index >= 15 is 0 Å². The lowest BCUT2D eigenvalue weighted by atomic mass is 9.99. The van der Waals surface area contributed by atoms with Crippen LogP contribution < -0.4 is 0 Å². The summed E-state index contributed by atoms with van der Waals surface area (Å²) in [6, 6.07) is 10.1. The van der Waals surface area contributed by atoms with Gasteiger partial charge in [-0.1, -0.05) is 35.5 Å². The van der Waals surface area contributed by atoms with Crippen molar-refractivity contribution in [3.63, 3.8) is 0 Å². The molecule has 0 unspecified atom stereocenters. The Balaban J connectivity index is 1.60. The molecule has 0 N–H and O–H groups in total. The number of carbonyl (C=O) groups is 2. The van der Waals surface area contributed by atoms with Gasteiger partial charge >= 0.3 is 11.8 Å². The number of benzene rings is 1. The highest BCUT2D eigenvalue weighted by atomic mass is 16.5. The van der Waals surface area contributed by atoms with Gasteiger partial charge in [-0.2, -0.15) is 4.98 Å². The van der Waals surface area contributed by atoms with Gasteiger partial charge in [0.1, 0.15) is 0 Å². The number of nitrogens with zero attached hydrogens (tertiary/aromatic N) is 4. The first kappa shape index (κ1) is 16.2. The number of carbonyl (C=O) groups excluding carboxylic acids is 2. The maximum absolute atomic E-state index is 12.2. The quantitative estimate of drug-likeness (QED) is 0.828. The predicted molar refractivity (Wildman–Crippen MR) is 86.0 cm³/mol. The highest BCUT2D eigenvalue weighted by Crippen LogP contribution is 2.23. The van der Waals surface area contributed by atoms with Crippen molar-refractivity contribution in [2.45, 2.75) is 19.4 Å². The standard InChI is InChI=1S/C17H20N4O3/c1-20(2)17(23)16-18-14(19-24-16)11-21-10-13(9-15(21)22)8-12-6-4-3-5-7-12/h3-7,13H,8-11H2,1-2H3/t13-/m1/s1. The van der Waals surface area contributed by atoms with Crippen LogP contribution in [0.5, 0.6) is 0 Å². The van der Waals surface area contributed by atoms with Gasteiger partial charge in [-0.05, 0) is 17.9 Å². The fraction of sp³-hybridized carbons (Fsp3) is 0.412. The molecule has 7 heteroatoms. The Labute approximate surface area is 140 Å². The van der Waals surface area contributed by atoms with Crippen molar-refractivity contribution in [1.82, 2.24) is 19.9 Å². The summed E-state index contributed by atoms with van der Waals surface area (Å²) in [7, 11) is 3.23. The molecule has 24 heavy (non-hydrogen) atoms. The predicted octanol–water partition coefficient (Wildman–Crippen LogP) is 1.36. The Kier molecular flexibility index (Phi) is 4.59. The van der Waals surface area contributed by atoms with Gasteiger partial charge in [-0.3, -0.25) is 9.59 Å². The van der Waals surface area contributed by atoms with E-state index in [0.717, 1.165) is 6.42 Å². The zero-order valence-corrected chi connectivity index (χ0v) is 13.8. The molecular formula is C17H20N4O3. The van der Waals surface area contributed by atoms with E-state index in [2.05, 4.69) is 22.3 Å². The Hall–Kier alpha value is -2.70. The van der Waals surface area contributed by atoms with Crippen molar-refractivity contribution in [3.05, 3.63) is 47.6 Å². The van der Waals surface area contributed by atoms with Crippen molar-refractivity contribution in [2.24, 2.45) is 5.92 Å². The van der Waals surface area contributed by atoms with Gasteiger partial charge in [0.25, 0.3) is 0 Å². The van der Waals surface area contributed by atoms with Crippen molar-refractivity contribution in [1.29, 1.82) is 0 Å². The second-order valence-electron chi connectivity index (χ2n) is 6.25. The molecule has 2 amide bonds. The molecule has 0 spiro atoms. The summed E-state index contributed by atoms with van der Waals surface area (Å²) in [6.07, 6.45) is 1.40. The molecule has 7 nitrogen and oxygen atoms in total. The minimum Gasteiger partial charge on any atom is -0.341 e. The topological polar surface area (TPSA) is 79.5 Å². The normalized spacial score (nSPS) is 17.3. The molecule has 1 saturated heterocycles. The molecule has 3 rings (SSSR count). The SMILES string of the molecule is CN(C)C(=O)c1nc(CN2C[C@H](Cc3ccccc3)CC2=O)no1. The molecule has 1 aliphatic rings. The van der Waals surface area contributed by atoms with E-state index in [-0.39, 0.29) is 30.2 Å². The maximum atomic E-state index is 12.2. The highest BCUT2D eigenvalue weighted by molar-refractivity contribution is 5.89. The van der Waals surface area contributed by atoms with Gasteiger partial charge in [0.2, 0.25) is 5.91 Å². The third kappa shape index (κ3) is 3.61. The maximum Gasteiger partial charge on any atom is 0.316 e. The highest BCUT2D eigenvalue weighted by Gasteiger charge is 2.31. The Morgan fingerprint density at radius 1 is 1.33 bits per heavy atom. The van der Waals surface area contributed by atoms with E-state index < -0.39 is 0 Å². The van der Waals surface area contributed by atoms with Crippen LogP contribution >= 0.6 is 0 Å². The van der Waals surface area contributed by atoms with Crippen LogP contribution in [0.1, 0.15) is 28.5 Å². The van der Waals surface area contributed by atoms with Crippen molar-refractivity contribution >= 4 is 11.8 Å². The molecule has 0 aliphatic carbocycles. The van der Waals surface area contributed by atoms with E-state index in [4.69, 9.17) is 4.52 Å². The Morgan fingerprint density at radius 2 is 2.08 bits per heavy atom. The number of amides is 2. The molecule has 1 atom stereocenters. The third-order valence-corrected chi connectivity index (χ3v) is 4.05. The zero-order chi connectivity index (χ0) is 17.1. The average Bonchev–Trinajstić information content (AvgIpc) is 3.15. The van der Waals surface area contributed by atoms with Gasteiger partial charge in [0.05, 0.1) is 6.54 Å². The molecule has 1 aromatic heterocycles. The summed E-state index contributed by atoms with van der Waals surface area (Å²) in [6.45, 7) is 0.938. The molecule has 126 valence electrons. The largest absolute Gasteiger partial charge is 0.341 e. The van der Waals surface area contributed by atoms with Gasteiger partial charge in [0.15, 0.2) is 5.82 Å². The summed E-state index contributed by atoms with van der Waals surface area (Å²) in [5.41, 5.74) is 1.23. The van der Waals surface area contributed by atoms with E-state index in [1.165, 1.54) is 10.5 Å². The van der Waals surface area contributed by atoms with Gasteiger partial charge in [0, 0.05) is 27.1 Å². The monoisotopic (exact) mass is 328 g/mol. The second-order valence-corrected chi connectivity index (χ2v) is 6.25. The fourth-order valence-corrected chi connectivity index (χ4v) is 2.86. The molecule has 1 aromatic carbocycles. The van der Waals surface area contributed by atoms with Crippen LogP contribution in [-0.2, 0) is 17.8 Å². The van der Waals surface area contributed by atoms with E-state index in [0.29, 0.717) is 18.8 Å². The number of hydrogen-bond acceptors (Lipinski definition) is 5. The number of rotatable bonds is 5. The third-order valence-electron chi connectivity index (χ3n) is 4.05. The fourth-order valence-electron chi connectivity index (χ4n) is 2.86. The van der Waals surface area contributed by atoms with Gasteiger partial charge in [-0.25, -0.2) is 0 Å². The van der Waals surface area contributed by atoms with Crippen molar-refractivity contribution in [3.8, 4) is 0 Å². The van der Waals surface area contributed by atoms with Crippen LogP contribution in [0.15, 0.2) is 34.9 Å². The van der Waals surface area contributed by atoms with E-state index in [1.807, 2.05) is 18.2 Å². The second kappa shape index (κ2) is 6.82. The first-order valence-corrected chi connectivity index (χ1v) is 7.89. The molecular weight excluding hydrogens is 308 g/mol. The lowest BCUT2D eigenvalue weighted by Crippen LogP contribution is -2.26. The summed E-state index contributed by atoms with van der Waals surface area (Å²) in [5, 5.41) is 3.80. The minimum absolute atomic E-state index is 0.0533. The molecule has 0 bridgehead atoms. The number of aromatic nitrogens is 2. The van der Waals surface area contributed by atoms with E-state index in [1.54, 1.807) is 19.0 Å². The van der Waals surface area contributed by atoms with Crippen LogP contribution in [0.25, 0.3) is 0 Å². The summed E-state index contributed by atoms with van der Waals surface area (Å²) in [4.78, 5) is 31.1. The van der Waals surface area contributed by atoms with Crippen LogP contribution in [0.2, 0.25) is 0 Å². The number of likely N-dealkylation sites (tertiary alicyclic amines) is 1. The molecule has 1 fully saturated rings. The summed E-state index contributed by atoms with van der Waals surface area (Å²) in [5.74, 6) is 0.329. The summed E-state index contributed by atoms with van der Waals surface area (Å²) < 4.78 is 4.97. The van der Waals surface area contributed by atoms with Crippen molar-refractivity contribution < 1.29 is 14.1 Å². The molecule has 1 aliphatic heterocycles. The van der Waals surface area contributed by atoms with Crippen LogP contribution in [0.4, 0.5) is 0 Å². The smallest absolute Gasteiger partial charge is 0.316 e. The zero-order valence-electron chi connectivity index (χ0n) is 13.8. The average molecular weight is 328 g/mol. The first-order chi connectivity index (χ1) is 11.5. The first-order valence-electron chi connectivity index (χ1n) is 7.89. The van der Waals surface area contributed by atoms with Crippen LogP contribution in [-0.4, -0.2) is 52.4 Å². The number of hydrogen-bond donors (Lipinski definition) is 0. The Morgan fingerprint density at radius 3 is 2.79 bits per heavy atom. The lowest BCUT2D eigenvalue weighted by molar-refractivity contribution is -0.128. The van der Waals surface area contributed by atoms with Crippen LogP contribution in [0.3, 0.4) is 0 Å². The van der Waals surface area contributed by atoms with Gasteiger partial charge in [-0.15, -0.1) is 0 Å². The minimum atomic E-state index is -0.344. The van der Waals surface area contributed by atoms with Crippen molar-refractivity contribution in [2.75, 3.05) is 20.6 Å². The van der Waals surface area contributed by atoms with E-state index in [9.17, 15) is 9.59 Å². The summed E-state index contributed by atoms with van der Waals surface area (Å²) >= 11 is 0. The molecule has 2 heterocycles. The molecule has 0 saturated carbocycles. The Bertz CT molecular complexity index is 726. The van der Waals surface area contributed by atoms with Gasteiger partial charge < -0.3 is 14.3 Å².